The van der Waals surface area contributed by atoms with Gasteiger partial charge in [-0.25, -0.2) is 9.18 Å². The van der Waals surface area contributed by atoms with Crippen LogP contribution < -0.4 is 10.1 Å². The Morgan fingerprint density at radius 1 is 1.50 bits per heavy atom. The van der Waals surface area contributed by atoms with E-state index in [1.165, 1.54) is 12.2 Å². The van der Waals surface area contributed by atoms with Crippen LogP contribution in [-0.2, 0) is 11.2 Å². The van der Waals surface area contributed by atoms with Crippen molar-refractivity contribution in [3.63, 3.8) is 0 Å². The highest BCUT2D eigenvalue weighted by atomic mass is 35.5. The van der Waals surface area contributed by atoms with Gasteiger partial charge < -0.3 is 14.8 Å². The molecule has 1 amide bonds. The van der Waals surface area contributed by atoms with E-state index >= 15 is 0 Å². The average molecular weight is 380 g/mol. The number of hydrogen-bond acceptors (Lipinski definition) is 3. The highest BCUT2D eigenvalue weighted by Crippen LogP contribution is 2.39. The Kier molecular flexibility index (Phi) is 6.13. The molecule has 0 radical (unpaired) electrons. The van der Waals surface area contributed by atoms with E-state index in [1.807, 2.05) is 6.07 Å². The van der Waals surface area contributed by atoms with E-state index in [0.717, 1.165) is 5.56 Å². The van der Waals surface area contributed by atoms with E-state index in [9.17, 15) is 9.18 Å². The molecule has 4 nitrogen and oxygen atoms in total. The number of hydrogen-bond donors (Lipinski definition) is 1. The first-order valence-corrected chi connectivity index (χ1v) is 8.62. The van der Waals surface area contributed by atoms with E-state index in [0.29, 0.717) is 28.3 Å². The molecule has 1 aliphatic heterocycles. The Morgan fingerprint density at radius 3 is 2.77 bits per heavy atom. The quantitative estimate of drug-likeness (QED) is 0.713. The van der Waals surface area contributed by atoms with Crippen LogP contribution in [0.15, 0.2) is 43.3 Å². The fourth-order valence-corrected chi connectivity index (χ4v) is 2.91. The molecule has 1 heterocycles. The molecule has 26 heavy (non-hydrogen) atoms. The van der Waals surface area contributed by atoms with Gasteiger partial charge in [-0.15, -0.1) is 0 Å². The number of ether oxygens (including phenoxy) is 2. The number of carbonyl (C=O) groups is 1. The molecule has 0 aliphatic carbocycles. The number of nitrogens with one attached hydrogen (secondary N) is 1. The zero-order valence-corrected chi connectivity index (χ0v) is 16.0. The summed E-state index contributed by atoms with van der Waals surface area (Å²) >= 11 is 6.30. The maximum atomic E-state index is 13.7. The largest absolute Gasteiger partial charge is 0.486 e. The number of alkyl carbamates (subject to hydrolysis) is 1. The van der Waals surface area contributed by atoms with E-state index in [4.69, 9.17) is 21.1 Å². The summed E-state index contributed by atoms with van der Waals surface area (Å²) in [5, 5.41) is 3.07. The number of amides is 1. The van der Waals surface area contributed by atoms with Gasteiger partial charge in [0.05, 0.1) is 11.6 Å². The predicted molar refractivity (Wildman–Crippen MR) is 102 cm³/mol. The number of allylic oxidation sites excluding steroid dienone is 4. The number of rotatable bonds is 5. The van der Waals surface area contributed by atoms with Crippen LogP contribution in [0.2, 0.25) is 5.02 Å². The third kappa shape index (κ3) is 5.11. The van der Waals surface area contributed by atoms with E-state index < -0.39 is 17.5 Å². The van der Waals surface area contributed by atoms with Crippen LogP contribution in [0.4, 0.5) is 9.18 Å². The average Bonchev–Trinajstić information content (AvgIpc) is 2.92. The van der Waals surface area contributed by atoms with Gasteiger partial charge in [-0.2, -0.15) is 0 Å². The van der Waals surface area contributed by atoms with Gasteiger partial charge in [0, 0.05) is 17.6 Å². The Bertz CT molecular complexity index is 765. The molecule has 0 bridgehead atoms. The second-order valence-corrected chi connectivity index (χ2v) is 7.40. The zero-order valence-electron chi connectivity index (χ0n) is 15.2. The number of carbonyl (C=O) groups excluding carboxylic acids is 1. The summed E-state index contributed by atoms with van der Waals surface area (Å²) < 4.78 is 24.7. The SMILES string of the molecule is C=C/C=C(\C(=C)F)c1cc(Cl)c2c(c1)CC(CNC(=O)OC(C)(C)C)O2. The lowest BCUT2D eigenvalue weighted by Gasteiger charge is -2.20. The standard InChI is InChI=1S/C20H23ClFNO3/c1-6-7-16(12(2)22)13-8-14-9-15(25-18(14)17(21)10-13)11-23-19(24)26-20(3,4)5/h6-8,10,15H,1-2,9,11H2,3-5H3,(H,23,24)/b16-7+. The van der Waals surface area contributed by atoms with Crippen molar-refractivity contribution in [2.45, 2.75) is 38.9 Å². The van der Waals surface area contributed by atoms with Gasteiger partial charge in [-0.1, -0.05) is 36.9 Å². The van der Waals surface area contributed by atoms with E-state index in [-0.39, 0.29) is 12.6 Å². The van der Waals surface area contributed by atoms with Crippen molar-refractivity contribution in [1.82, 2.24) is 5.32 Å². The third-order valence-electron chi connectivity index (χ3n) is 3.61. The molecule has 0 spiro atoms. The van der Waals surface area contributed by atoms with Gasteiger partial charge in [-0.05, 0) is 38.5 Å². The first-order valence-electron chi connectivity index (χ1n) is 8.24. The highest BCUT2D eigenvalue weighted by molar-refractivity contribution is 6.32. The highest BCUT2D eigenvalue weighted by Gasteiger charge is 2.27. The second-order valence-electron chi connectivity index (χ2n) is 6.99. The van der Waals surface area contributed by atoms with Crippen LogP contribution in [-0.4, -0.2) is 24.3 Å². The van der Waals surface area contributed by atoms with Crippen molar-refractivity contribution in [2.75, 3.05) is 6.54 Å². The Morgan fingerprint density at radius 2 is 2.19 bits per heavy atom. The Hall–Kier alpha value is -2.27. The molecule has 140 valence electrons. The van der Waals surface area contributed by atoms with Crippen molar-refractivity contribution in [3.05, 3.63) is 59.4 Å². The van der Waals surface area contributed by atoms with Crippen LogP contribution in [0.3, 0.4) is 0 Å². The smallest absolute Gasteiger partial charge is 0.407 e. The number of fused-ring (bicyclic) bond motifs is 1. The molecule has 1 aliphatic rings. The van der Waals surface area contributed by atoms with Gasteiger partial charge >= 0.3 is 6.09 Å². The molecule has 1 aromatic rings. The molecule has 1 N–H and O–H groups in total. The fraction of sp³-hybridized carbons (Fsp3) is 0.350. The van der Waals surface area contributed by atoms with Gasteiger partial charge in [0.25, 0.3) is 0 Å². The number of halogens is 2. The fourth-order valence-electron chi connectivity index (χ4n) is 2.63. The normalized spacial score (nSPS) is 16.5. The summed E-state index contributed by atoms with van der Waals surface area (Å²) in [5.41, 5.74) is 1.20. The molecule has 1 aromatic carbocycles. The molecule has 1 unspecified atom stereocenters. The number of benzene rings is 1. The van der Waals surface area contributed by atoms with Gasteiger partial charge in [-0.3, -0.25) is 0 Å². The molecule has 1 atom stereocenters. The van der Waals surface area contributed by atoms with Crippen LogP contribution in [0.25, 0.3) is 5.57 Å². The summed E-state index contributed by atoms with van der Waals surface area (Å²) in [7, 11) is 0. The van der Waals surface area contributed by atoms with Crippen LogP contribution in [0.5, 0.6) is 5.75 Å². The lowest BCUT2D eigenvalue weighted by atomic mass is 10.00. The lowest BCUT2D eigenvalue weighted by Crippen LogP contribution is -2.38. The maximum Gasteiger partial charge on any atom is 0.407 e. The van der Waals surface area contributed by atoms with E-state index in [1.54, 1.807) is 26.8 Å². The van der Waals surface area contributed by atoms with Crippen molar-refractivity contribution in [2.24, 2.45) is 0 Å². The van der Waals surface area contributed by atoms with Crippen LogP contribution in [0.1, 0.15) is 31.9 Å². The summed E-state index contributed by atoms with van der Waals surface area (Å²) in [6, 6.07) is 3.44. The predicted octanol–water partition coefficient (Wildman–Crippen LogP) is 5.22. The summed E-state index contributed by atoms with van der Waals surface area (Å²) in [6.45, 7) is 12.6. The second kappa shape index (κ2) is 7.96. The van der Waals surface area contributed by atoms with Crippen molar-refractivity contribution in [3.8, 4) is 5.75 Å². The first kappa shape index (κ1) is 20.0. The van der Waals surface area contributed by atoms with E-state index in [2.05, 4.69) is 18.5 Å². The Balaban J connectivity index is 2.10. The summed E-state index contributed by atoms with van der Waals surface area (Å²) in [5.74, 6) is -0.0168. The van der Waals surface area contributed by atoms with Crippen molar-refractivity contribution in [1.29, 1.82) is 0 Å². The minimum atomic E-state index is -0.567. The Labute approximate surface area is 158 Å². The molecule has 0 fully saturated rings. The van der Waals surface area contributed by atoms with Crippen molar-refractivity contribution >= 4 is 23.3 Å². The summed E-state index contributed by atoms with van der Waals surface area (Å²) in [4.78, 5) is 11.8. The molecular formula is C20H23ClFNO3. The van der Waals surface area contributed by atoms with Crippen LogP contribution in [0, 0.1) is 0 Å². The minimum Gasteiger partial charge on any atom is -0.486 e. The topological polar surface area (TPSA) is 47.6 Å². The lowest BCUT2D eigenvalue weighted by molar-refractivity contribution is 0.0506. The first-order chi connectivity index (χ1) is 12.1. The molecule has 0 saturated carbocycles. The molecule has 6 heteroatoms. The van der Waals surface area contributed by atoms with Crippen LogP contribution >= 0.6 is 11.6 Å². The van der Waals surface area contributed by atoms with Gasteiger partial charge in [0.2, 0.25) is 0 Å². The third-order valence-corrected chi connectivity index (χ3v) is 3.89. The maximum absolute atomic E-state index is 13.7. The molecule has 2 rings (SSSR count). The summed E-state index contributed by atoms with van der Waals surface area (Å²) in [6.07, 6.45) is 2.79. The molecular weight excluding hydrogens is 357 g/mol. The van der Waals surface area contributed by atoms with Crippen molar-refractivity contribution < 1.29 is 18.7 Å². The zero-order chi connectivity index (χ0) is 19.5. The van der Waals surface area contributed by atoms with Gasteiger partial charge in [0.15, 0.2) is 0 Å². The minimum absolute atomic E-state index is 0.273. The van der Waals surface area contributed by atoms with Gasteiger partial charge in [0.1, 0.15) is 23.3 Å². The monoisotopic (exact) mass is 379 g/mol. The molecule has 0 aromatic heterocycles. The molecule has 0 saturated heterocycles.